The molecule has 0 radical (unpaired) electrons. The first kappa shape index (κ1) is 13.8. The molecule has 19 heavy (non-hydrogen) atoms. The minimum absolute atomic E-state index is 0.0237. The van der Waals surface area contributed by atoms with Crippen molar-refractivity contribution >= 4 is 11.6 Å². The van der Waals surface area contributed by atoms with E-state index in [1.807, 2.05) is 0 Å². The SMILES string of the molecule is Nc1ccc(F)c(C(=O)N2CCN(CCO)CC2)c1. The van der Waals surface area contributed by atoms with Crippen LogP contribution in [0.1, 0.15) is 10.4 Å². The quantitative estimate of drug-likeness (QED) is 0.765. The van der Waals surface area contributed by atoms with Crippen LogP contribution in [0.4, 0.5) is 10.1 Å². The van der Waals surface area contributed by atoms with Gasteiger partial charge in [-0.05, 0) is 18.2 Å². The van der Waals surface area contributed by atoms with Gasteiger partial charge in [-0.1, -0.05) is 0 Å². The minimum Gasteiger partial charge on any atom is -0.399 e. The summed E-state index contributed by atoms with van der Waals surface area (Å²) in [5.41, 5.74) is 5.99. The van der Waals surface area contributed by atoms with Gasteiger partial charge < -0.3 is 15.7 Å². The highest BCUT2D eigenvalue weighted by molar-refractivity contribution is 5.95. The van der Waals surface area contributed by atoms with Crippen LogP contribution in [0.5, 0.6) is 0 Å². The molecule has 1 amide bonds. The van der Waals surface area contributed by atoms with Gasteiger partial charge in [-0.3, -0.25) is 9.69 Å². The van der Waals surface area contributed by atoms with Gasteiger partial charge in [0.05, 0.1) is 12.2 Å². The molecule has 3 N–H and O–H groups in total. The predicted molar refractivity (Wildman–Crippen MR) is 70.2 cm³/mol. The van der Waals surface area contributed by atoms with E-state index in [1.54, 1.807) is 4.90 Å². The number of rotatable bonds is 3. The van der Waals surface area contributed by atoms with Crippen LogP contribution < -0.4 is 5.73 Å². The first-order chi connectivity index (χ1) is 9.11. The van der Waals surface area contributed by atoms with E-state index in [0.717, 1.165) is 0 Å². The number of benzene rings is 1. The zero-order valence-corrected chi connectivity index (χ0v) is 10.7. The van der Waals surface area contributed by atoms with Gasteiger partial charge in [0.2, 0.25) is 0 Å². The third-order valence-corrected chi connectivity index (χ3v) is 3.30. The van der Waals surface area contributed by atoms with Gasteiger partial charge in [-0.2, -0.15) is 0 Å². The van der Waals surface area contributed by atoms with Gasteiger partial charge in [0.25, 0.3) is 5.91 Å². The molecule has 0 aromatic heterocycles. The normalized spacial score (nSPS) is 16.6. The molecule has 1 saturated heterocycles. The summed E-state index contributed by atoms with van der Waals surface area (Å²) in [7, 11) is 0. The number of β-amino-alcohol motifs (C(OH)–C–C–N with tert-alkyl or cyclic N) is 1. The molecule has 1 aromatic rings. The largest absolute Gasteiger partial charge is 0.399 e. The van der Waals surface area contributed by atoms with Crippen molar-refractivity contribution in [1.29, 1.82) is 0 Å². The lowest BCUT2D eigenvalue weighted by Gasteiger charge is -2.34. The molecule has 1 aromatic carbocycles. The number of carbonyl (C=O) groups excluding carboxylic acids is 1. The average molecular weight is 267 g/mol. The second kappa shape index (κ2) is 5.99. The summed E-state index contributed by atoms with van der Waals surface area (Å²) < 4.78 is 13.6. The second-order valence-corrected chi connectivity index (χ2v) is 4.60. The Balaban J connectivity index is 2.03. The zero-order valence-electron chi connectivity index (χ0n) is 10.7. The number of hydrogen-bond acceptors (Lipinski definition) is 4. The highest BCUT2D eigenvalue weighted by atomic mass is 19.1. The van der Waals surface area contributed by atoms with Crippen LogP contribution in [0.3, 0.4) is 0 Å². The summed E-state index contributed by atoms with van der Waals surface area (Å²) >= 11 is 0. The Morgan fingerprint density at radius 3 is 2.63 bits per heavy atom. The standard InChI is InChI=1S/C13H18FN3O2/c14-12-2-1-10(15)9-11(12)13(19)17-5-3-16(4-6-17)7-8-18/h1-2,9,18H,3-8,15H2. The van der Waals surface area contributed by atoms with Crippen molar-refractivity contribution in [2.75, 3.05) is 45.1 Å². The first-order valence-corrected chi connectivity index (χ1v) is 6.29. The van der Waals surface area contributed by atoms with E-state index in [-0.39, 0.29) is 18.1 Å². The molecule has 1 heterocycles. The average Bonchev–Trinajstić information content (AvgIpc) is 2.42. The third-order valence-electron chi connectivity index (χ3n) is 3.30. The van der Waals surface area contributed by atoms with Crippen LogP contribution in [-0.2, 0) is 0 Å². The fourth-order valence-corrected chi connectivity index (χ4v) is 2.19. The van der Waals surface area contributed by atoms with Crippen molar-refractivity contribution in [3.63, 3.8) is 0 Å². The van der Waals surface area contributed by atoms with Crippen molar-refractivity contribution in [2.24, 2.45) is 0 Å². The van der Waals surface area contributed by atoms with Crippen molar-refractivity contribution in [3.8, 4) is 0 Å². The van der Waals surface area contributed by atoms with Crippen LogP contribution in [-0.4, -0.2) is 60.1 Å². The number of halogens is 1. The number of aliphatic hydroxyl groups excluding tert-OH is 1. The molecule has 104 valence electrons. The topological polar surface area (TPSA) is 69.8 Å². The fourth-order valence-electron chi connectivity index (χ4n) is 2.19. The van der Waals surface area contributed by atoms with Crippen LogP contribution in [0.2, 0.25) is 0 Å². The maximum absolute atomic E-state index is 13.6. The molecule has 0 bridgehead atoms. The maximum atomic E-state index is 13.6. The van der Waals surface area contributed by atoms with E-state index in [9.17, 15) is 9.18 Å². The summed E-state index contributed by atoms with van der Waals surface area (Å²) in [5, 5.41) is 8.85. The number of aliphatic hydroxyl groups is 1. The van der Waals surface area contributed by atoms with Gasteiger partial charge in [-0.15, -0.1) is 0 Å². The number of piperazine rings is 1. The molecule has 1 aliphatic heterocycles. The Kier molecular flexibility index (Phi) is 4.34. The lowest BCUT2D eigenvalue weighted by atomic mass is 10.1. The molecule has 2 rings (SSSR count). The van der Waals surface area contributed by atoms with Gasteiger partial charge in [-0.25, -0.2) is 4.39 Å². The molecular formula is C13H18FN3O2. The Morgan fingerprint density at radius 1 is 1.32 bits per heavy atom. The second-order valence-electron chi connectivity index (χ2n) is 4.60. The van der Waals surface area contributed by atoms with E-state index in [2.05, 4.69) is 4.90 Å². The van der Waals surface area contributed by atoms with E-state index in [1.165, 1.54) is 18.2 Å². The van der Waals surface area contributed by atoms with Crippen molar-refractivity contribution in [2.45, 2.75) is 0 Å². The van der Waals surface area contributed by atoms with E-state index in [0.29, 0.717) is 38.4 Å². The molecule has 0 aliphatic carbocycles. The lowest BCUT2D eigenvalue weighted by molar-refractivity contribution is 0.0610. The molecule has 0 saturated carbocycles. The van der Waals surface area contributed by atoms with Gasteiger partial charge in [0.15, 0.2) is 0 Å². The number of nitrogens with two attached hydrogens (primary N) is 1. The summed E-state index contributed by atoms with van der Waals surface area (Å²) in [6, 6.07) is 4.02. The van der Waals surface area contributed by atoms with Gasteiger partial charge in [0, 0.05) is 38.4 Å². The highest BCUT2D eigenvalue weighted by Crippen LogP contribution is 2.15. The Labute approximate surface area is 111 Å². The number of nitrogens with zero attached hydrogens (tertiary/aromatic N) is 2. The molecule has 1 aliphatic rings. The van der Waals surface area contributed by atoms with Crippen molar-refractivity contribution in [3.05, 3.63) is 29.6 Å². The Bertz CT molecular complexity index is 459. The Morgan fingerprint density at radius 2 is 2.00 bits per heavy atom. The van der Waals surface area contributed by atoms with Crippen LogP contribution in [0.25, 0.3) is 0 Å². The molecule has 6 heteroatoms. The number of nitrogen functional groups attached to an aromatic ring is 1. The summed E-state index contributed by atoms with van der Waals surface area (Å²) in [5.74, 6) is -0.870. The monoisotopic (exact) mass is 267 g/mol. The predicted octanol–water partition coefficient (Wildman–Crippen LogP) is 0.158. The number of anilines is 1. The number of amides is 1. The summed E-state index contributed by atoms with van der Waals surface area (Å²) in [4.78, 5) is 15.9. The number of carbonyl (C=O) groups is 1. The minimum atomic E-state index is -0.544. The van der Waals surface area contributed by atoms with Crippen LogP contribution in [0, 0.1) is 5.82 Å². The van der Waals surface area contributed by atoms with Crippen molar-refractivity contribution < 1.29 is 14.3 Å². The number of hydrogen-bond donors (Lipinski definition) is 2. The van der Waals surface area contributed by atoms with E-state index in [4.69, 9.17) is 10.8 Å². The molecule has 0 unspecified atom stereocenters. The molecule has 0 atom stereocenters. The van der Waals surface area contributed by atoms with E-state index >= 15 is 0 Å². The fraction of sp³-hybridized carbons (Fsp3) is 0.462. The third kappa shape index (κ3) is 3.21. The molecule has 1 fully saturated rings. The summed E-state index contributed by atoms with van der Waals surface area (Å²) in [6.45, 7) is 3.17. The highest BCUT2D eigenvalue weighted by Gasteiger charge is 2.23. The van der Waals surface area contributed by atoms with Gasteiger partial charge >= 0.3 is 0 Å². The van der Waals surface area contributed by atoms with E-state index < -0.39 is 5.82 Å². The molecule has 0 spiro atoms. The smallest absolute Gasteiger partial charge is 0.256 e. The molecule has 5 nitrogen and oxygen atoms in total. The van der Waals surface area contributed by atoms with Gasteiger partial charge in [0.1, 0.15) is 5.82 Å². The summed E-state index contributed by atoms with van der Waals surface area (Å²) in [6.07, 6.45) is 0. The first-order valence-electron chi connectivity index (χ1n) is 6.29. The molecular weight excluding hydrogens is 249 g/mol. The zero-order chi connectivity index (χ0) is 13.8. The Hall–Kier alpha value is -1.66. The maximum Gasteiger partial charge on any atom is 0.256 e. The van der Waals surface area contributed by atoms with Crippen LogP contribution >= 0.6 is 0 Å². The lowest BCUT2D eigenvalue weighted by Crippen LogP contribution is -2.49. The van der Waals surface area contributed by atoms with Crippen molar-refractivity contribution in [1.82, 2.24) is 9.80 Å². The van der Waals surface area contributed by atoms with Crippen LogP contribution in [0.15, 0.2) is 18.2 Å².